The van der Waals surface area contributed by atoms with Crippen LogP contribution in [0.3, 0.4) is 0 Å². The van der Waals surface area contributed by atoms with Gasteiger partial charge in [-0.1, -0.05) is 32.1 Å². The van der Waals surface area contributed by atoms with Crippen LogP contribution >= 0.6 is 0 Å². The average molecular weight is 332 g/mol. The van der Waals surface area contributed by atoms with Crippen LogP contribution in [0.5, 0.6) is 0 Å². The van der Waals surface area contributed by atoms with Crippen LogP contribution in [-0.4, -0.2) is 46.0 Å². The van der Waals surface area contributed by atoms with E-state index < -0.39 is 0 Å². The fourth-order valence-corrected chi connectivity index (χ4v) is 4.07. The summed E-state index contributed by atoms with van der Waals surface area (Å²) in [5.74, 6) is 0.624. The molecule has 0 radical (unpaired) electrons. The Bertz CT molecular complexity index is 585. The molecule has 1 saturated carbocycles. The Morgan fingerprint density at radius 3 is 2.67 bits per heavy atom. The molecule has 1 saturated heterocycles. The minimum Gasteiger partial charge on any atom is -0.353 e. The molecule has 2 fully saturated rings. The van der Waals surface area contributed by atoms with Gasteiger partial charge in [0, 0.05) is 24.3 Å². The summed E-state index contributed by atoms with van der Waals surface area (Å²) in [6, 6.07) is -0.304. The molecule has 0 spiro atoms. The monoisotopic (exact) mass is 332 g/mol. The van der Waals surface area contributed by atoms with Gasteiger partial charge in [0.25, 0.3) is 0 Å². The highest BCUT2D eigenvalue weighted by Crippen LogP contribution is 2.29. The first kappa shape index (κ1) is 17.0. The van der Waals surface area contributed by atoms with Crippen molar-refractivity contribution in [1.82, 2.24) is 20.4 Å². The number of piperazine rings is 1. The number of hydrogen-bond acceptors (Lipinski definition) is 3. The number of aromatic amines is 1. The molecule has 1 aromatic heterocycles. The van der Waals surface area contributed by atoms with Crippen LogP contribution in [0.15, 0.2) is 0 Å². The zero-order valence-electron chi connectivity index (χ0n) is 14.7. The zero-order valence-corrected chi connectivity index (χ0v) is 14.7. The van der Waals surface area contributed by atoms with E-state index in [0.29, 0.717) is 25.4 Å². The van der Waals surface area contributed by atoms with Crippen LogP contribution in [0.25, 0.3) is 0 Å². The summed E-state index contributed by atoms with van der Waals surface area (Å²) >= 11 is 0. The molecule has 2 aliphatic rings. The Kier molecular flexibility index (Phi) is 5.21. The average Bonchev–Trinajstić information content (AvgIpc) is 2.89. The van der Waals surface area contributed by atoms with Gasteiger partial charge in [-0.2, -0.15) is 5.10 Å². The lowest BCUT2D eigenvalue weighted by Crippen LogP contribution is -2.58. The van der Waals surface area contributed by atoms with Crippen LogP contribution in [0.4, 0.5) is 0 Å². The minimum atomic E-state index is -0.304. The number of carbonyl (C=O) groups is 2. The third-order valence-corrected chi connectivity index (χ3v) is 5.54. The quantitative estimate of drug-likeness (QED) is 0.883. The minimum absolute atomic E-state index is 0.0146. The van der Waals surface area contributed by atoms with E-state index in [9.17, 15) is 9.59 Å². The Labute approximate surface area is 143 Å². The topological polar surface area (TPSA) is 78.1 Å². The lowest BCUT2D eigenvalue weighted by Gasteiger charge is -2.37. The molecule has 1 aliphatic carbocycles. The normalized spacial score (nSPS) is 22.5. The molecule has 1 aromatic rings. The molecule has 0 aromatic carbocycles. The molecule has 2 N–H and O–H groups in total. The molecule has 0 bridgehead atoms. The van der Waals surface area contributed by atoms with Gasteiger partial charge in [-0.05, 0) is 26.2 Å². The lowest BCUT2D eigenvalue weighted by atomic mass is 9.84. The van der Waals surface area contributed by atoms with Gasteiger partial charge in [0.05, 0.1) is 12.1 Å². The number of aryl methyl sites for hydroxylation is 2. The van der Waals surface area contributed by atoms with Crippen molar-refractivity contribution in [2.45, 2.75) is 64.8 Å². The SMILES string of the molecule is Cc1n[nH]c(C)c1CC(=O)N1CCNC(=O)[C@@H]1CC1CCCCC1. The van der Waals surface area contributed by atoms with Gasteiger partial charge < -0.3 is 10.2 Å². The summed E-state index contributed by atoms with van der Waals surface area (Å²) in [5.41, 5.74) is 2.76. The molecule has 1 atom stereocenters. The highest BCUT2D eigenvalue weighted by atomic mass is 16.2. The molecule has 2 heterocycles. The Morgan fingerprint density at radius 2 is 2.00 bits per heavy atom. The van der Waals surface area contributed by atoms with Gasteiger partial charge >= 0.3 is 0 Å². The van der Waals surface area contributed by atoms with Crippen molar-refractivity contribution in [3.8, 4) is 0 Å². The van der Waals surface area contributed by atoms with Crippen LogP contribution < -0.4 is 5.32 Å². The standard InChI is InChI=1S/C18H28N4O2/c1-12-15(13(2)21-20-12)11-17(23)22-9-8-19-18(24)16(22)10-14-6-4-3-5-7-14/h14,16H,3-11H2,1-2H3,(H,19,24)(H,20,21)/t16-/m0/s1. The van der Waals surface area contributed by atoms with Crippen molar-refractivity contribution in [3.63, 3.8) is 0 Å². The van der Waals surface area contributed by atoms with Crippen molar-refractivity contribution >= 4 is 11.8 Å². The second-order valence-corrected chi connectivity index (χ2v) is 7.22. The van der Waals surface area contributed by atoms with E-state index in [1.54, 1.807) is 4.90 Å². The van der Waals surface area contributed by atoms with Gasteiger partial charge in [-0.25, -0.2) is 0 Å². The first-order chi connectivity index (χ1) is 11.6. The number of H-pyrrole nitrogens is 1. The van der Waals surface area contributed by atoms with E-state index >= 15 is 0 Å². The third kappa shape index (κ3) is 3.62. The number of rotatable bonds is 4. The maximum absolute atomic E-state index is 12.9. The van der Waals surface area contributed by atoms with Gasteiger partial charge in [-0.15, -0.1) is 0 Å². The number of hydrogen-bond donors (Lipinski definition) is 2. The maximum Gasteiger partial charge on any atom is 0.242 e. The van der Waals surface area contributed by atoms with E-state index in [-0.39, 0.29) is 17.9 Å². The summed E-state index contributed by atoms with van der Waals surface area (Å²) in [6.45, 7) is 5.01. The van der Waals surface area contributed by atoms with Crippen LogP contribution in [0.1, 0.15) is 55.5 Å². The fourth-order valence-electron chi connectivity index (χ4n) is 4.07. The van der Waals surface area contributed by atoms with Crippen molar-refractivity contribution in [2.24, 2.45) is 5.92 Å². The van der Waals surface area contributed by atoms with Gasteiger partial charge in [0.1, 0.15) is 6.04 Å². The van der Waals surface area contributed by atoms with E-state index in [1.165, 1.54) is 32.1 Å². The summed E-state index contributed by atoms with van der Waals surface area (Å²) in [4.78, 5) is 27.1. The molecule has 6 heteroatoms. The van der Waals surface area contributed by atoms with E-state index in [0.717, 1.165) is 23.4 Å². The van der Waals surface area contributed by atoms with Crippen LogP contribution in [-0.2, 0) is 16.0 Å². The summed E-state index contributed by atoms with van der Waals surface area (Å²) < 4.78 is 0. The summed E-state index contributed by atoms with van der Waals surface area (Å²) in [6.07, 6.45) is 7.30. The molecule has 0 unspecified atom stereocenters. The number of nitrogens with zero attached hydrogens (tertiary/aromatic N) is 2. The predicted octanol–water partition coefficient (Wildman–Crippen LogP) is 1.87. The highest BCUT2D eigenvalue weighted by molar-refractivity contribution is 5.89. The van der Waals surface area contributed by atoms with Crippen molar-refractivity contribution in [2.75, 3.05) is 13.1 Å². The van der Waals surface area contributed by atoms with Crippen LogP contribution in [0.2, 0.25) is 0 Å². The summed E-state index contributed by atoms with van der Waals surface area (Å²) in [5, 5.41) is 10.0. The molecule has 6 nitrogen and oxygen atoms in total. The van der Waals surface area contributed by atoms with Crippen molar-refractivity contribution in [3.05, 3.63) is 17.0 Å². The Hall–Kier alpha value is -1.85. The molecular formula is C18H28N4O2. The largest absolute Gasteiger partial charge is 0.353 e. The Balaban J connectivity index is 1.70. The third-order valence-electron chi connectivity index (χ3n) is 5.54. The van der Waals surface area contributed by atoms with Crippen molar-refractivity contribution < 1.29 is 9.59 Å². The molecule has 1 aliphatic heterocycles. The number of aromatic nitrogens is 2. The molecule has 3 rings (SSSR count). The van der Waals surface area contributed by atoms with Gasteiger partial charge in [0.2, 0.25) is 11.8 Å². The number of nitrogens with one attached hydrogen (secondary N) is 2. The zero-order chi connectivity index (χ0) is 17.1. The molecule has 24 heavy (non-hydrogen) atoms. The van der Waals surface area contributed by atoms with Gasteiger partial charge in [0.15, 0.2) is 0 Å². The Morgan fingerprint density at radius 1 is 1.25 bits per heavy atom. The molecule has 2 amide bonds. The predicted molar refractivity (Wildman–Crippen MR) is 91.5 cm³/mol. The second kappa shape index (κ2) is 7.36. The number of carbonyl (C=O) groups excluding carboxylic acids is 2. The smallest absolute Gasteiger partial charge is 0.242 e. The number of amides is 2. The van der Waals surface area contributed by atoms with Crippen LogP contribution in [0, 0.1) is 19.8 Å². The molecule has 132 valence electrons. The lowest BCUT2D eigenvalue weighted by molar-refractivity contribution is -0.143. The fraction of sp³-hybridized carbons (Fsp3) is 0.722. The maximum atomic E-state index is 12.9. The second-order valence-electron chi connectivity index (χ2n) is 7.22. The molecular weight excluding hydrogens is 304 g/mol. The van der Waals surface area contributed by atoms with E-state index in [2.05, 4.69) is 15.5 Å². The first-order valence-electron chi connectivity index (χ1n) is 9.14. The van der Waals surface area contributed by atoms with E-state index in [4.69, 9.17) is 0 Å². The van der Waals surface area contributed by atoms with Gasteiger partial charge in [-0.3, -0.25) is 14.7 Å². The first-order valence-corrected chi connectivity index (χ1v) is 9.14. The highest BCUT2D eigenvalue weighted by Gasteiger charge is 2.35. The van der Waals surface area contributed by atoms with E-state index in [1.807, 2.05) is 13.8 Å². The summed E-state index contributed by atoms with van der Waals surface area (Å²) in [7, 11) is 0. The van der Waals surface area contributed by atoms with Crippen molar-refractivity contribution in [1.29, 1.82) is 0 Å².